The summed E-state index contributed by atoms with van der Waals surface area (Å²) in [6.45, 7) is 4.17. The number of aryl methyl sites for hydroxylation is 1. The van der Waals surface area contributed by atoms with Crippen LogP contribution in [-0.4, -0.2) is 12.2 Å². The largest absolute Gasteiger partial charge is 0.496 e. The number of aliphatic hydroxyl groups is 1. The van der Waals surface area contributed by atoms with E-state index in [2.05, 4.69) is 26.0 Å². The third kappa shape index (κ3) is 1.51. The van der Waals surface area contributed by atoms with Crippen LogP contribution in [0.15, 0.2) is 12.1 Å². The fourth-order valence-corrected chi connectivity index (χ4v) is 4.02. The van der Waals surface area contributed by atoms with Gasteiger partial charge in [0.2, 0.25) is 0 Å². The number of methoxy groups -OCH3 is 1. The molecule has 0 spiro atoms. The highest BCUT2D eigenvalue weighted by Gasteiger charge is 2.52. The Hall–Kier alpha value is -1.02. The zero-order valence-electron chi connectivity index (χ0n) is 11.5. The zero-order valence-corrected chi connectivity index (χ0v) is 11.5. The molecule has 0 aliphatic heterocycles. The number of hydrogen-bond acceptors (Lipinski definition) is 2. The molecular formula is C16H22O2. The molecule has 18 heavy (non-hydrogen) atoms. The molecule has 2 aliphatic carbocycles. The van der Waals surface area contributed by atoms with Gasteiger partial charge >= 0.3 is 0 Å². The standard InChI is InChI=1S/C16H22O2/c1-10-4-7-14(15(18-3)11(10)2)16(17)9-12-5-6-13(16)8-12/h4,7,12-13,17H,5-6,8-9H2,1-3H3. The lowest BCUT2D eigenvalue weighted by atomic mass is 9.77. The minimum Gasteiger partial charge on any atom is -0.496 e. The average molecular weight is 246 g/mol. The summed E-state index contributed by atoms with van der Waals surface area (Å²) >= 11 is 0. The monoisotopic (exact) mass is 246 g/mol. The predicted octanol–water partition coefficient (Wildman–Crippen LogP) is 3.32. The molecule has 3 unspecified atom stereocenters. The lowest BCUT2D eigenvalue weighted by Gasteiger charge is -2.34. The van der Waals surface area contributed by atoms with Gasteiger partial charge in [0.25, 0.3) is 0 Å². The highest BCUT2D eigenvalue weighted by atomic mass is 16.5. The van der Waals surface area contributed by atoms with E-state index in [9.17, 15) is 5.11 Å². The SMILES string of the molecule is COc1c(C2(O)CC3CCC2C3)ccc(C)c1C. The van der Waals surface area contributed by atoms with Crippen molar-refractivity contribution in [2.45, 2.75) is 45.1 Å². The normalized spacial score (nSPS) is 34.0. The number of fused-ring (bicyclic) bond motifs is 2. The lowest BCUT2D eigenvalue weighted by molar-refractivity contribution is -0.0201. The molecule has 2 saturated carbocycles. The molecule has 2 aliphatic rings. The van der Waals surface area contributed by atoms with Gasteiger partial charge in [-0.25, -0.2) is 0 Å². The van der Waals surface area contributed by atoms with Crippen molar-refractivity contribution in [1.82, 2.24) is 0 Å². The van der Waals surface area contributed by atoms with Crippen molar-refractivity contribution in [3.63, 3.8) is 0 Å². The van der Waals surface area contributed by atoms with Gasteiger partial charge in [-0.2, -0.15) is 0 Å². The van der Waals surface area contributed by atoms with E-state index < -0.39 is 5.60 Å². The Labute approximate surface area is 109 Å². The molecule has 2 nitrogen and oxygen atoms in total. The second kappa shape index (κ2) is 3.99. The van der Waals surface area contributed by atoms with Crippen molar-refractivity contribution in [2.75, 3.05) is 7.11 Å². The molecule has 0 amide bonds. The summed E-state index contributed by atoms with van der Waals surface area (Å²) in [5.41, 5.74) is 2.75. The molecule has 2 fully saturated rings. The van der Waals surface area contributed by atoms with E-state index in [1.807, 2.05) is 0 Å². The molecule has 1 N–H and O–H groups in total. The van der Waals surface area contributed by atoms with Gasteiger partial charge in [0.1, 0.15) is 5.75 Å². The predicted molar refractivity (Wildman–Crippen MR) is 71.8 cm³/mol. The van der Waals surface area contributed by atoms with Crippen LogP contribution in [0.5, 0.6) is 5.75 Å². The molecule has 2 heteroatoms. The van der Waals surface area contributed by atoms with E-state index in [1.165, 1.54) is 18.4 Å². The summed E-state index contributed by atoms with van der Waals surface area (Å²) < 4.78 is 5.58. The van der Waals surface area contributed by atoms with Gasteiger partial charge in [0.05, 0.1) is 12.7 Å². The first-order valence-electron chi connectivity index (χ1n) is 6.93. The van der Waals surface area contributed by atoms with E-state index in [1.54, 1.807) is 7.11 Å². The van der Waals surface area contributed by atoms with E-state index in [4.69, 9.17) is 4.74 Å². The molecule has 3 atom stereocenters. The van der Waals surface area contributed by atoms with Crippen LogP contribution in [0.3, 0.4) is 0 Å². The van der Waals surface area contributed by atoms with Crippen molar-refractivity contribution in [3.8, 4) is 5.75 Å². The van der Waals surface area contributed by atoms with Crippen LogP contribution in [0.4, 0.5) is 0 Å². The van der Waals surface area contributed by atoms with Gasteiger partial charge in [-0.3, -0.25) is 0 Å². The molecule has 98 valence electrons. The first kappa shape index (κ1) is 12.0. The van der Waals surface area contributed by atoms with Crippen molar-refractivity contribution >= 4 is 0 Å². The highest BCUT2D eigenvalue weighted by molar-refractivity contribution is 5.49. The maximum atomic E-state index is 11.1. The molecule has 3 rings (SSSR count). The topological polar surface area (TPSA) is 29.5 Å². The molecule has 2 bridgehead atoms. The summed E-state index contributed by atoms with van der Waals surface area (Å²) in [4.78, 5) is 0. The third-order valence-corrected chi connectivity index (χ3v) is 5.16. The molecule has 0 radical (unpaired) electrons. The molecule has 1 aromatic carbocycles. The lowest BCUT2D eigenvalue weighted by Crippen LogP contribution is -2.32. The average Bonchev–Trinajstić information content (AvgIpc) is 2.92. The Morgan fingerprint density at radius 2 is 2.06 bits per heavy atom. The van der Waals surface area contributed by atoms with E-state index in [0.29, 0.717) is 11.8 Å². The van der Waals surface area contributed by atoms with Crippen LogP contribution in [-0.2, 0) is 5.60 Å². The Morgan fingerprint density at radius 3 is 2.61 bits per heavy atom. The molecule has 1 aromatic rings. The van der Waals surface area contributed by atoms with Crippen molar-refractivity contribution in [2.24, 2.45) is 11.8 Å². The molecule has 0 saturated heterocycles. The number of benzene rings is 1. The van der Waals surface area contributed by atoms with Gasteiger partial charge < -0.3 is 9.84 Å². The van der Waals surface area contributed by atoms with Gasteiger partial charge in [-0.15, -0.1) is 0 Å². The van der Waals surface area contributed by atoms with Crippen LogP contribution in [0.2, 0.25) is 0 Å². The van der Waals surface area contributed by atoms with Gasteiger partial charge in [-0.05, 0) is 62.5 Å². The summed E-state index contributed by atoms with van der Waals surface area (Å²) in [5, 5.41) is 11.1. The zero-order chi connectivity index (χ0) is 12.9. The molecular weight excluding hydrogens is 224 g/mol. The first-order valence-corrected chi connectivity index (χ1v) is 6.93. The number of rotatable bonds is 2. The van der Waals surface area contributed by atoms with Crippen LogP contribution in [0.25, 0.3) is 0 Å². The summed E-state index contributed by atoms with van der Waals surface area (Å²) in [6.07, 6.45) is 4.56. The summed E-state index contributed by atoms with van der Waals surface area (Å²) in [5.74, 6) is 2.04. The minimum absolute atomic E-state index is 0.429. The summed E-state index contributed by atoms with van der Waals surface area (Å²) in [7, 11) is 1.71. The van der Waals surface area contributed by atoms with Crippen molar-refractivity contribution < 1.29 is 9.84 Å². The summed E-state index contributed by atoms with van der Waals surface area (Å²) in [6, 6.07) is 4.18. The fraction of sp³-hybridized carbons (Fsp3) is 0.625. The fourth-order valence-electron chi connectivity index (χ4n) is 4.02. The second-order valence-electron chi connectivity index (χ2n) is 6.09. The number of hydrogen-bond donors (Lipinski definition) is 1. The molecule has 0 heterocycles. The maximum absolute atomic E-state index is 11.1. The van der Waals surface area contributed by atoms with Gasteiger partial charge in [0, 0.05) is 5.56 Å². The Kier molecular flexibility index (Phi) is 2.67. The Bertz CT molecular complexity index is 480. The van der Waals surface area contributed by atoms with Crippen molar-refractivity contribution in [3.05, 3.63) is 28.8 Å². The van der Waals surface area contributed by atoms with Gasteiger partial charge in [0.15, 0.2) is 0 Å². The maximum Gasteiger partial charge on any atom is 0.128 e. The first-order chi connectivity index (χ1) is 8.56. The smallest absolute Gasteiger partial charge is 0.128 e. The number of ether oxygens (including phenoxy) is 1. The minimum atomic E-state index is -0.646. The third-order valence-electron chi connectivity index (χ3n) is 5.16. The van der Waals surface area contributed by atoms with Crippen LogP contribution in [0, 0.1) is 25.7 Å². The second-order valence-corrected chi connectivity index (χ2v) is 6.09. The Balaban J connectivity index is 2.10. The molecule has 0 aromatic heterocycles. The van der Waals surface area contributed by atoms with E-state index >= 15 is 0 Å². The highest BCUT2D eigenvalue weighted by Crippen LogP contribution is 2.57. The van der Waals surface area contributed by atoms with Crippen molar-refractivity contribution in [1.29, 1.82) is 0 Å². The van der Waals surface area contributed by atoms with Crippen LogP contribution >= 0.6 is 0 Å². The van der Waals surface area contributed by atoms with Crippen LogP contribution in [0.1, 0.15) is 42.4 Å². The quantitative estimate of drug-likeness (QED) is 0.867. The van der Waals surface area contributed by atoms with Gasteiger partial charge in [-0.1, -0.05) is 12.1 Å². The van der Waals surface area contributed by atoms with E-state index in [0.717, 1.165) is 29.7 Å². The van der Waals surface area contributed by atoms with Crippen LogP contribution < -0.4 is 4.74 Å². The van der Waals surface area contributed by atoms with E-state index in [-0.39, 0.29) is 0 Å². The Morgan fingerprint density at radius 1 is 1.28 bits per heavy atom.